The fourth-order valence-corrected chi connectivity index (χ4v) is 2.81. The number of benzene rings is 1. The van der Waals surface area contributed by atoms with Crippen LogP contribution in [0.4, 0.5) is 0 Å². The molecule has 0 N–H and O–H groups in total. The monoisotopic (exact) mass is 305 g/mol. The van der Waals surface area contributed by atoms with Crippen molar-refractivity contribution in [2.45, 2.75) is 45.6 Å². The van der Waals surface area contributed by atoms with Gasteiger partial charge in [0.1, 0.15) is 5.75 Å². The van der Waals surface area contributed by atoms with Crippen molar-refractivity contribution < 1.29 is 14.3 Å². The molecule has 0 aliphatic carbocycles. The molecule has 0 spiro atoms. The first-order chi connectivity index (χ1) is 10.8. The molecule has 0 radical (unpaired) electrons. The first-order valence-corrected chi connectivity index (χ1v) is 8.30. The number of methoxy groups -OCH3 is 1. The molecule has 0 aromatic heterocycles. The Morgan fingerprint density at radius 3 is 2.55 bits per heavy atom. The van der Waals surface area contributed by atoms with E-state index in [4.69, 9.17) is 9.47 Å². The summed E-state index contributed by atoms with van der Waals surface area (Å²) in [5, 5.41) is 0. The molecule has 1 aromatic carbocycles. The molecule has 0 saturated carbocycles. The highest BCUT2D eigenvalue weighted by atomic mass is 16.5. The number of rotatable bonds is 6. The Hall–Kier alpha value is -1.55. The average Bonchev–Trinajstić information content (AvgIpc) is 2.83. The van der Waals surface area contributed by atoms with E-state index in [1.165, 1.54) is 12.8 Å². The zero-order chi connectivity index (χ0) is 15.8. The zero-order valence-electron chi connectivity index (χ0n) is 13.8. The van der Waals surface area contributed by atoms with Crippen molar-refractivity contribution in [3.05, 3.63) is 29.3 Å². The molecule has 1 heterocycles. The maximum absolute atomic E-state index is 12.7. The molecule has 1 fully saturated rings. The SMILES string of the molecule is CCCOCc1cc(C(=O)N2CCCCCC2)ccc1OC. The van der Waals surface area contributed by atoms with Gasteiger partial charge in [-0.1, -0.05) is 19.8 Å². The van der Waals surface area contributed by atoms with Gasteiger partial charge in [-0.05, 0) is 37.5 Å². The summed E-state index contributed by atoms with van der Waals surface area (Å²) in [6, 6.07) is 5.65. The van der Waals surface area contributed by atoms with E-state index in [1.54, 1.807) is 7.11 Å². The van der Waals surface area contributed by atoms with E-state index in [0.29, 0.717) is 13.2 Å². The highest BCUT2D eigenvalue weighted by molar-refractivity contribution is 5.94. The van der Waals surface area contributed by atoms with Crippen molar-refractivity contribution in [3.8, 4) is 5.75 Å². The third-order valence-electron chi connectivity index (χ3n) is 4.03. The lowest BCUT2D eigenvalue weighted by Gasteiger charge is -2.21. The van der Waals surface area contributed by atoms with E-state index in [9.17, 15) is 4.79 Å². The van der Waals surface area contributed by atoms with Crippen LogP contribution in [0, 0.1) is 0 Å². The Kier molecular flexibility index (Phi) is 6.72. The molecule has 122 valence electrons. The maximum atomic E-state index is 12.7. The maximum Gasteiger partial charge on any atom is 0.253 e. The smallest absolute Gasteiger partial charge is 0.253 e. The Morgan fingerprint density at radius 1 is 1.18 bits per heavy atom. The summed E-state index contributed by atoms with van der Waals surface area (Å²) < 4.78 is 11.0. The van der Waals surface area contributed by atoms with Gasteiger partial charge in [0.15, 0.2) is 0 Å². The van der Waals surface area contributed by atoms with Crippen LogP contribution in [0.2, 0.25) is 0 Å². The van der Waals surface area contributed by atoms with E-state index < -0.39 is 0 Å². The summed E-state index contributed by atoms with van der Waals surface area (Å²) in [7, 11) is 1.65. The van der Waals surface area contributed by atoms with Crippen LogP contribution in [0.15, 0.2) is 18.2 Å². The van der Waals surface area contributed by atoms with Gasteiger partial charge >= 0.3 is 0 Å². The van der Waals surface area contributed by atoms with E-state index in [1.807, 2.05) is 23.1 Å². The molecular formula is C18H27NO3. The van der Waals surface area contributed by atoms with Crippen LogP contribution in [0.1, 0.15) is 54.9 Å². The summed E-state index contributed by atoms with van der Waals surface area (Å²) in [5.74, 6) is 0.907. The van der Waals surface area contributed by atoms with Gasteiger partial charge in [0.05, 0.1) is 13.7 Å². The lowest BCUT2D eigenvalue weighted by Crippen LogP contribution is -2.31. The van der Waals surface area contributed by atoms with Gasteiger partial charge < -0.3 is 14.4 Å². The third-order valence-corrected chi connectivity index (χ3v) is 4.03. The lowest BCUT2D eigenvalue weighted by atomic mass is 10.1. The molecule has 4 heteroatoms. The molecule has 4 nitrogen and oxygen atoms in total. The van der Waals surface area contributed by atoms with Crippen molar-refractivity contribution in [1.82, 2.24) is 4.90 Å². The minimum Gasteiger partial charge on any atom is -0.496 e. The number of nitrogens with zero attached hydrogens (tertiary/aromatic N) is 1. The van der Waals surface area contributed by atoms with E-state index in [-0.39, 0.29) is 5.91 Å². The minimum absolute atomic E-state index is 0.126. The van der Waals surface area contributed by atoms with E-state index >= 15 is 0 Å². The van der Waals surface area contributed by atoms with Crippen LogP contribution in [0.5, 0.6) is 5.75 Å². The lowest BCUT2D eigenvalue weighted by molar-refractivity contribution is 0.0761. The second kappa shape index (κ2) is 8.79. The van der Waals surface area contributed by atoms with Crippen LogP contribution in [0.25, 0.3) is 0 Å². The molecule has 1 aliphatic rings. The van der Waals surface area contributed by atoms with Gasteiger partial charge in [0.25, 0.3) is 5.91 Å². The quantitative estimate of drug-likeness (QED) is 0.753. The number of likely N-dealkylation sites (tertiary alicyclic amines) is 1. The number of carbonyl (C=O) groups excluding carboxylic acids is 1. The highest BCUT2D eigenvalue weighted by Gasteiger charge is 2.18. The Morgan fingerprint density at radius 2 is 1.91 bits per heavy atom. The third kappa shape index (κ3) is 4.47. The zero-order valence-corrected chi connectivity index (χ0v) is 13.8. The Labute approximate surface area is 133 Å². The molecule has 1 saturated heterocycles. The normalized spacial score (nSPS) is 15.5. The summed E-state index contributed by atoms with van der Waals surface area (Å²) in [6.45, 7) is 5.02. The van der Waals surface area contributed by atoms with Crippen molar-refractivity contribution in [2.24, 2.45) is 0 Å². The second-order valence-electron chi connectivity index (χ2n) is 5.79. The van der Waals surface area contributed by atoms with Crippen LogP contribution in [-0.2, 0) is 11.3 Å². The van der Waals surface area contributed by atoms with Crippen LogP contribution in [0.3, 0.4) is 0 Å². The molecule has 0 atom stereocenters. The van der Waals surface area contributed by atoms with E-state index in [0.717, 1.165) is 49.2 Å². The predicted octanol–water partition coefficient (Wildman–Crippen LogP) is 3.64. The molecule has 0 bridgehead atoms. The first kappa shape index (κ1) is 16.8. The fraction of sp³-hybridized carbons (Fsp3) is 0.611. The van der Waals surface area contributed by atoms with E-state index in [2.05, 4.69) is 6.92 Å². The number of amides is 1. The summed E-state index contributed by atoms with van der Waals surface area (Å²) >= 11 is 0. The van der Waals surface area contributed by atoms with Gasteiger partial charge in [-0.15, -0.1) is 0 Å². The fourth-order valence-electron chi connectivity index (χ4n) is 2.81. The molecule has 2 rings (SSSR count). The molecular weight excluding hydrogens is 278 g/mol. The number of ether oxygens (including phenoxy) is 2. The number of carbonyl (C=O) groups is 1. The highest BCUT2D eigenvalue weighted by Crippen LogP contribution is 2.22. The Bertz CT molecular complexity index is 479. The summed E-state index contributed by atoms with van der Waals surface area (Å²) in [5.41, 5.74) is 1.68. The van der Waals surface area contributed by atoms with Crippen LogP contribution < -0.4 is 4.74 Å². The molecule has 1 aromatic rings. The summed E-state index contributed by atoms with van der Waals surface area (Å²) in [4.78, 5) is 14.7. The standard InChI is InChI=1S/C18H27NO3/c1-3-12-22-14-16-13-15(8-9-17(16)21-2)18(20)19-10-6-4-5-7-11-19/h8-9,13H,3-7,10-12,14H2,1-2H3. The van der Waals surface area contributed by atoms with Crippen molar-refractivity contribution in [1.29, 1.82) is 0 Å². The number of hydrogen-bond acceptors (Lipinski definition) is 3. The van der Waals surface area contributed by atoms with Crippen LogP contribution in [-0.4, -0.2) is 37.6 Å². The number of hydrogen-bond donors (Lipinski definition) is 0. The molecule has 22 heavy (non-hydrogen) atoms. The predicted molar refractivity (Wildman–Crippen MR) is 87.3 cm³/mol. The molecule has 1 amide bonds. The molecule has 0 unspecified atom stereocenters. The van der Waals surface area contributed by atoms with Gasteiger partial charge in [-0.3, -0.25) is 4.79 Å². The van der Waals surface area contributed by atoms with Gasteiger partial charge in [0, 0.05) is 30.8 Å². The second-order valence-corrected chi connectivity index (χ2v) is 5.79. The average molecular weight is 305 g/mol. The van der Waals surface area contributed by atoms with Crippen molar-refractivity contribution in [2.75, 3.05) is 26.8 Å². The van der Waals surface area contributed by atoms with Gasteiger partial charge in [-0.2, -0.15) is 0 Å². The first-order valence-electron chi connectivity index (χ1n) is 8.30. The van der Waals surface area contributed by atoms with Gasteiger partial charge in [0.2, 0.25) is 0 Å². The minimum atomic E-state index is 0.126. The van der Waals surface area contributed by atoms with Crippen molar-refractivity contribution in [3.63, 3.8) is 0 Å². The summed E-state index contributed by atoms with van der Waals surface area (Å²) in [6.07, 6.45) is 5.64. The Balaban J connectivity index is 2.12. The molecule has 1 aliphatic heterocycles. The topological polar surface area (TPSA) is 38.8 Å². The van der Waals surface area contributed by atoms with Crippen LogP contribution >= 0.6 is 0 Å². The van der Waals surface area contributed by atoms with Crippen molar-refractivity contribution >= 4 is 5.91 Å². The largest absolute Gasteiger partial charge is 0.496 e. The van der Waals surface area contributed by atoms with Gasteiger partial charge in [-0.25, -0.2) is 0 Å².